The molecule has 0 aliphatic rings. The summed E-state index contributed by atoms with van der Waals surface area (Å²) in [5, 5.41) is 13.8. The first kappa shape index (κ1) is 14.8. The number of hydrogen-bond acceptors (Lipinski definition) is 5. The van der Waals surface area contributed by atoms with Crippen molar-refractivity contribution in [3.8, 4) is 5.75 Å². The Kier molecular flexibility index (Phi) is 4.98. The molecule has 1 N–H and O–H groups in total. The molecule has 0 fully saturated rings. The van der Waals surface area contributed by atoms with Crippen LogP contribution in [0, 0.1) is 0 Å². The highest BCUT2D eigenvalue weighted by atomic mass is 35.5. The number of aryl methyl sites for hydroxylation is 1. The van der Waals surface area contributed by atoms with Gasteiger partial charge in [0.1, 0.15) is 5.75 Å². The average molecular weight is 297 g/mol. The van der Waals surface area contributed by atoms with Crippen LogP contribution >= 0.6 is 11.6 Å². The summed E-state index contributed by atoms with van der Waals surface area (Å²) in [6.45, 7) is 3.90. The molecule has 0 amide bonds. The van der Waals surface area contributed by atoms with Gasteiger partial charge >= 0.3 is 0 Å². The molecule has 108 valence electrons. The number of nitrogens with zero attached hydrogens (tertiary/aromatic N) is 2. The monoisotopic (exact) mass is 296 g/mol. The Bertz CT molecular complexity index is 569. The van der Waals surface area contributed by atoms with Gasteiger partial charge in [0.05, 0.1) is 11.1 Å². The molecule has 1 atom stereocenters. The molecule has 0 aliphatic heterocycles. The van der Waals surface area contributed by atoms with E-state index in [1.165, 1.54) is 0 Å². The summed E-state index contributed by atoms with van der Waals surface area (Å²) in [6.07, 6.45) is 1.19. The quantitative estimate of drug-likeness (QED) is 0.885. The summed E-state index contributed by atoms with van der Waals surface area (Å²) < 4.78 is 10.6. The Balaban J connectivity index is 1.99. The summed E-state index contributed by atoms with van der Waals surface area (Å²) in [5.74, 6) is 1.62. The normalized spacial score (nSPS) is 12.4. The van der Waals surface area contributed by atoms with Crippen LogP contribution in [-0.2, 0) is 13.0 Å². The highest BCUT2D eigenvalue weighted by Gasteiger charge is 2.10. The molecule has 2 aromatic rings. The van der Waals surface area contributed by atoms with Gasteiger partial charge in [-0.05, 0) is 31.0 Å². The van der Waals surface area contributed by atoms with Crippen LogP contribution < -0.4 is 4.74 Å². The van der Waals surface area contributed by atoms with Gasteiger partial charge in [0.25, 0.3) is 5.89 Å². The maximum atomic E-state index is 9.47. The smallest absolute Gasteiger partial charge is 0.264 e. The zero-order valence-electron chi connectivity index (χ0n) is 11.5. The van der Waals surface area contributed by atoms with Gasteiger partial charge in [-0.3, -0.25) is 0 Å². The van der Waals surface area contributed by atoms with Gasteiger partial charge in [-0.1, -0.05) is 29.7 Å². The summed E-state index contributed by atoms with van der Waals surface area (Å²) in [6, 6.07) is 5.16. The highest BCUT2D eigenvalue weighted by molar-refractivity contribution is 6.32. The van der Waals surface area contributed by atoms with Crippen LogP contribution in [0.1, 0.15) is 43.7 Å². The number of halogens is 1. The van der Waals surface area contributed by atoms with Gasteiger partial charge in [0.2, 0.25) is 0 Å². The van der Waals surface area contributed by atoms with Crippen LogP contribution in [0.25, 0.3) is 0 Å². The van der Waals surface area contributed by atoms with Crippen LogP contribution in [0.2, 0.25) is 5.02 Å². The molecule has 0 bridgehead atoms. The van der Waals surface area contributed by atoms with Crippen molar-refractivity contribution in [2.24, 2.45) is 0 Å². The number of aliphatic hydroxyl groups is 1. The lowest BCUT2D eigenvalue weighted by atomic mass is 10.1. The third kappa shape index (κ3) is 3.71. The van der Waals surface area contributed by atoms with E-state index in [-0.39, 0.29) is 6.61 Å². The number of aromatic nitrogens is 2. The van der Waals surface area contributed by atoms with Crippen molar-refractivity contribution in [1.82, 2.24) is 10.1 Å². The molecule has 0 saturated heterocycles. The first-order chi connectivity index (χ1) is 9.60. The van der Waals surface area contributed by atoms with Gasteiger partial charge in [0.15, 0.2) is 12.4 Å². The lowest BCUT2D eigenvalue weighted by Gasteiger charge is -2.09. The van der Waals surface area contributed by atoms with E-state index >= 15 is 0 Å². The van der Waals surface area contributed by atoms with Gasteiger partial charge in [-0.25, -0.2) is 0 Å². The van der Waals surface area contributed by atoms with Crippen molar-refractivity contribution in [1.29, 1.82) is 0 Å². The van der Waals surface area contributed by atoms with Crippen LogP contribution in [0.15, 0.2) is 22.7 Å². The van der Waals surface area contributed by atoms with E-state index in [0.717, 1.165) is 18.4 Å². The molecule has 1 aromatic carbocycles. The Morgan fingerprint density at radius 3 is 2.90 bits per heavy atom. The maximum Gasteiger partial charge on any atom is 0.264 e. The van der Waals surface area contributed by atoms with E-state index in [1.807, 2.05) is 0 Å². The molecule has 0 spiro atoms. The fraction of sp³-hybridized carbons (Fsp3) is 0.429. The standard InChI is InChI=1S/C14H17ClN2O3/c1-3-4-13-16-14(20-17-13)8-19-12-6-5-10(9(2)18)7-11(12)15/h5-7,9,18H,3-4,8H2,1-2H3/t9-/m1/s1. The zero-order valence-corrected chi connectivity index (χ0v) is 12.2. The minimum Gasteiger partial charge on any atom is -0.482 e. The highest BCUT2D eigenvalue weighted by Crippen LogP contribution is 2.28. The molecule has 0 aliphatic carbocycles. The topological polar surface area (TPSA) is 68.4 Å². The molecule has 0 unspecified atom stereocenters. The van der Waals surface area contributed by atoms with Crippen molar-refractivity contribution in [3.05, 3.63) is 40.5 Å². The van der Waals surface area contributed by atoms with E-state index in [2.05, 4.69) is 17.1 Å². The van der Waals surface area contributed by atoms with Gasteiger partial charge in [-0.15, -0.1) is 0 Å². The third-order valence-electron chi connectivity index (χ3n) is 2.77. The van der Waals surface area contributed by atoms with Crippen molar-refractivity contribution < 1.29 is 14.4 Å². The molecular weight excluding hydrogens is 280 g/mol. The van der Waals surface area contributed by atoms with Gasteiger partial charge in [-0.2, -0.15) is 4.98 Å². The van der Waals surface area contributed by atoms with Crippen molar-refractivity contribution in [3.63, 3.8) is 0 Å². The first-order valence-corrected chi connectivity index (χ1v) is 6.89. The van der Waals surface area contributed by atoms with Gasteiger partial charge < -0.3 is 14.4 Å². The summed E-state index contributed by atoms with van der Waals surface area (Å²) in [4.78, 5) is 4.20. The Morgan fingerprint density at radius 1 is 1.45 bits per heavy atom. The first-order valence-electron chi connectivity index (χ1n) is 6.52. The van der Waals surface area contributed by atoms with Crippen molar-refractivity contribution >= 4 is 11.6 Å². The second kappa shape index (κ2) is 6.72. The fourth-order valence-corrected chi connectivity index (χ4v) is 1.95. The minimum absolute atomic E-state index is 0.171. The molecule has 1 aromatic heterocycles. The number of hydrogen-bond donors (Lipinski definition) is 1. The van der Waals surface area contributed by atoms with Crippen LogP contribution in [-0.4, -0.2) is 15.2 Å². The number of benzene rings is 1. The van der Waals surface area contributed by atoms with E-state index in [0.29, 0.717) is 22.5 Å². The lowest BCUT2D eigenvalue weighted by Crippen LogP contribution is -1.98. The zero-order chi connectivity index (χ0) is 14.5. The Hall–Kier alpha value is -1.59. The molecule has 1 heterocycles. The largest absolute Gasteiger partial charge is 0.482 e. The molecule has 0 saturated carbocycles. The van der Waals surface area contributed by atoms with E-state index in [4.69, 9.17) is 20.9 Å². The molecule has 0 radical (unpaired) electrons. The predicted octanol–water partition coefficient (Wildman–Crippen LogP) is 3.31. The average Bonchev–Trinajstić information content (AvgIpc) is 2.85. The molecule has 6 heteroatoms. The molecule has 5 nitrogen and oxygen atoms in total. The van der Waals surface area contributed by atoms with E-state index < -0.39 is 6.10 Å². The molecule has 2 rings (SSSR count). The van der Waals surface area contributed by atoms with Crippen LogP contribution in [0.3, 0.4) is 0 Å². The minimum atomic E-state index is -0.561. The van der Waals surface area contributed by atoms with E-state index in [9.17, 15) is 5.11 Å². The summed E-state index contributed by atoms with van der Waals surface area (Å²) in [5.41, 5.74) is 0.741. The Labute approximate surface area is 122 Å². The van der Waals surface area contributed by atoms with Crippen LogP contribution in [0.5, 0.6) is 5.75 Å². The Morgan fingerprint density at radius 2 is 2.25 bits per heavy atom. The number of aliphatic hydroxyl groups excluding tert-OH is 1. The lowest BCUT2D eigenvalue weighted by molar-refractivity contribution is 0.199. The molecular formula is C14H17ClN2O3. The van der Waals surface area contributed by atoms with Gasteiger partial charge in [0, 0.05) is 6.42 Å². The number of rotatable bonds is 6. The summed E-state index contributed by atoms with van der Waals surface area (Å²) >= 11 is 6.09. The second-order valence-electron chi connectivity index (χ2n) is 4.51. The van der Waals surface area contributed by atoms with Crippen molar-refractivity contribution in [2.75, 3.05) is 0 Å². The van der Waals surface area contributed by atoms with E-state index in [1.54, 1.807) is 25.1 Å². The third-order valence-corrected chi connectivity index (χ3v) is 3.07. The maximum absolute atomic E-state index is 9.47. The predicted molar refractivity (Wildman–Crippen MR) is 74.7 cm³/mol. The van der Waals surface area contributed by atoms with Crippen molar-refractivity contribution in [2.45, 2.75) is 39.4 Å². The fourth-order valence-electron chi connectivity index (χ4n) is 1.71. The van der Waals surface area contributed by atoms with Crippen LogP contribution in [0.4, 0.5) is 0 Å². The summed E-state index contributed by atoms with van der Waals surface area (Å²) in [7, 11) is 0. The second-order valence-corrected chi connectivity index (χ2v) is 4.92. The SMILES string of the molecule is CCCc1noc(COc2ccc([C@@H](C)O)cc2Cl)n1. The number of ether oxygens (including phenoxy) is 1. The molecule has 20 heavy (non-hydrogen) atoms.